The number of hydrogen-bond acceptors (Lipinski definition) is 3. The fourth-order valence-corrected chi connectivity index (χ4v) is 5.46. The number of nitrogens with zero attached hydrogens (tertiary/aromatic N) is 3. The highest BCUT2D eigenvalue weighted by Crippen LogP contribution is 2.53. The molecule has 5 heteroatoms. The van der Waals surface area contributed by atoms with Crippen LogP contribution in [0.3, 0.4) is 0 Å². The molecule has 4 bridgehead atoms. The molecule has 0 saturated heterocycles. The van der Waals surface area contributed by atoms with E-state index in [-0.39, 0.29) is 5.91 Å². The second-order valence-electron chi connectivity index (χ2n) is 7.81. The topological polar surface area (TPSA) is 59.8 Å². The number of nitrogens with one attached hydrogen (secondary N) is 1. The number of hydrogen-bond donors (Lipinski definition) is 1. The number of carbonyl (C=O) groups is 1. The van der Waals surface area contributed by atoms with E-state index < -0.39 is 0 Å². The Labute approximate surface area is 141 Å². The van der Waals surface area contributed by atoms with E-state index in [1.165, 1.54) is 32.1 Å². The molecule has 1 heterocycles. The van der Waals surface area contributed by atoms with Crippen LogP contribution in [-0.2, 0) is 0 Å². The quantitative estimate of drug-likeness (QED) is 0.945. The molecule has 0 spiro atoms. The van der Waals surface area contributed by atoms with Crippen LogP contribution in [0.4, 0.5) is 0 Å². The fraction of sp³-hybridized carbons (Fsp3) is 0.526. The third-order valence-electron chi connectivity index (χ3n) is 6.27. The smallest absolute Gasteiger partial charge is 0.273 e. The van der Waals surface area contributed by atoms with Crippen molar-refractivity contribution < 1.29 is 4.79 Å². The standard InChI is InChI=1S/C19H22N4O/c24-19(17-11-23(22-21-17)16-4-2-1-3-5-16)20-18-14-7-12-6-13(9-14)10-15(18)8-12/h1-5,11-15,18H,6-10H2,(H,20,24). The van der Waals surface area contributed by atoms with Gasteiger partial charge < -0.3 is 5.32 Å². The second-order valence-corrected chi connectivity index (χ2v) is 7.81. The predicted molar refractivity (Wildman–Crippen MR) is 89.7 cm³/mol. The van der Waals surface area contributed by atoms with Crippen LogP contribution in [0.15, 0.2) is 36.5 Å². The summed E-state index contributed by atoms with van der Waals surface area (Å²) in [4.78, 5) is 12.7. The maximum absolute atomic E-state index is 12.7. The molecule has 1 aromatic carbocycles. The number of rotatable bonds is 3. The molecular weight excluding hydrogens is 300 g/mol. The summed E-state index contributed by atoms with van der Waals surface area (Å²) in [5.41, 5.74) is 1.33. The Morgan fingerprint density at radius 1 is 1.00 bits per heavy atom. The van der Waals surface area contributed by atoms with Crippen LogP contribution in [0.1, 0.15) is 42.6 Å². The highest BCUT2D eigenvalue weighted by Gasteiger charge is 2.48. The Morgan fingerprint density at radius 2 is 1.67 bits per heavy atom. The summed E-state index contributed by atoms with van der Waals surface area (Å²) in [7, 11) is 0. The lowest BCUT2D eigenvalue weighted by Gasteiger charge is -2.54. The van der Waals surface area contributed by atoms with Gasteiger partial charge in [-0.1, -0.05) is 23.4 Å². The molecule has 4 aliphatic rings. The van der Waals surface area contributed by atoms with Crippen LogP contribution in [0.25, 0.3) is 5.69 Å². The third kappa shape index (κ3) is 2.34. The van der Waals surface area contributed by atoms with Crippen molar-refractivity contribution in [2.75, 3.05) is 0 Å². The van der Waals surface area contributed by atoms with E-state index in [1.54, 1.807) is 10.9 Å². The largest absolute Gasteiger partial charge is 0.347 e. The Hall–Kier alpha value is -2.17. The zero-order valence-electron chi connectivity index (χ0n) is 13.6. The van der Waals surface area contributed by atoms with Crippen LogP contribution < -0.4 is 5.32 Å². The lowest BCUT2D eigenvalue weighted by atomic mass is 9.54. The average Bonchev–Trinajstić information content (AvgIpc) is 3.08. The lowest BCUT2D eigenvalue weighted by Crippen LogP contribution is -2.55. The zero-order valence-corrected chi connectivity index (χ0v) is 13.6. The van der Waals surface area contributed by atoms with Gasteiger partial charge in [-0.2, -0.15) is 0 Å². The van der Waals surface area contributed by atoms with Crippen molar-refractivity contribution in [2.24, 2.45) is 23.7 Å². The first-order valence-electron chi connectivity index (χ1n) is 9.05. The lowest BCUT2D eigenvalue weighted by molar-refractivity contribution is -0.0120. The summed E-state index contributed by atoms with van der Waals surface area (Å²) < 4.78 is 1.66. The van der Waals surface area contributed by atoms with E-state index in [2.05, 4.69) is 15.6 Å². The van der Waals surface area contributed by atoms with Crippen LogP contribution in [0, 0.1) is 23.7 Å². The van der Waals surface area contributed by atoms with Crippen molar-refractivity contribution >= 4 is 5.91 Å². The highest BCUT2D eigenvalue weighted by molar-refractivity contribution is 5.92. The SMILES string of the molecule is O=C(NC1C2CC3CC(C2)CC1C3)c1cn(-c2ccccc2)nn1. The van der Waals surface area contributed by atoms with E-state index in [1.807, 2.05) is 30.3 Å². The van der Waals surface area contributed by atoms with Crippen molar-refractivity contribution in [3.8, 4) is 5.69 Å². The summed E-state index contributed by atoms with van der Waals surface area (Å²) in [6.45, 7) is 0. The molecule has 2 aromatic rings. The van der Waals surface area contributed by atoms with Crippen LogP contribution in [0.5, 0.6) is 0 Å². The number of benzene rings is 1. The van der Waals surface area contributed by atoms with E-state index in [4.69, 9.17) is 0 Å². The first-order valence-corrected chi connectivity index (χ1v) is 9.05. The summed E-state index contributed by atoms with van der Waals surface area (Å²) in [6, 6.07) is 10.1. The minimum Gasteiger partial charge on any atom is -0.347 e. The molecule has 1 amide bonds. The number of para-hydroxylation sites is 1. The first-order chi connectivity index (χ1) is 11.8. The maximum atomic E-state index is 12.7. The zero-order chi connectivity index (χ0) is 16.1. The van der Waals surface area contributed by atoms with Gasteiger partial charge >= 0.3 is 0 Å². The Balaban J connectivity index is 1.32. The van der Waals surface area contributed by atoms with Gasteiger partial charge in [0.1, 0.15) is 0 Å². The van der Waals surface area contributed by atoms with Crippen LogP contribution >= 0.6 is 0 Å². The summed E-state index contributed by atoms with van der Waals surface area (Å²) >= 11 is 0. The van der Waals surface area contributed by atoms with Crippen molar-refractivity contribution in [3.63, 3.8) is 0 Å². The molecule has 1 aromatic heterocycles. The van der Waals surface area contributed by atoms with Crippen molar-refractivity contribution in [2.45, 2.75) is 38.1 Å². The maximum Gasteiger partial charge on any atom is 0.273 e. The minimum atomic E-state index is -0.0744. The monoisotopic (exact) mass is 322 g/mol. The first kappa shape index (κ1) is 14.2. The van der Waals surface area contributed by atoms with Crippen LogP contribution in [-0.4, -0.2) is 26.9 Å². The molecule has 4 saturated carbocycles. The number of aromatic nitrogens is 3. The molecule has 0 aliphatic heterocycles. The molecule has 0 unspecified atom stereocenters. The summed E-state index contributed by atoms with van der Waals surface area (Å²) in [5, 5.41) is 11.5. The summed E-state index contributed by atoms with van der Waals surface area (Å²) in [5.74, 6) is 3.11. The van der Waals surface area contributed by atoms with Gasteiger partial charge in [0.15, 0.2) is 5.69 Å². The van der Waals surface area contributed by atoms with Crippen molar-refractivity contribution in [1.29, 1.82) is 0 Å². The second kappa shape index (κ2) is 5.43. The molecule has 6 rings (SSSR count). The van der Waals surface area contributed by atoms with Gasteiger partial charge in [-0.15, -0.1) is 5.10 Å². The van der Waals surface area contributed by atoms with Gasteiger partial charge in [-0.25, -0.2) is 4.68 Å². The van der Waals surface area contributed by atoms with Crippen molar-refractivity contribution in [3.05, 3.63) is 42.2 Å². The van der Waals surface area contributed by atoms with Gasteiger partial charge in [-0.05, 0) is 67.9 Å². The molecule has 1 N–H and O–H groups in total. The third-order valence-corrected chi connectivity index (χ3v) is 6.27. The van der Waals surface area contributed by atoms with E-state index in [0.717, 1.165) is 17.5 Å². The highest BCUT2D eigenvalue weighted by atomic mass is 16.2. The van der Waals surface area contributed by atoms with Gasteiger partial charge in [-0.3, -0.25) is 4.79 Å². The van der Waals surface area contributed by atoms with Crippen molar-refractivity contribution in [1.82, 2.24) is 20.3 Å². The normalized spacial score (nSPS) is 33.6. The molecule has 0 radical (unpaired) electrons. The van der Waals surface area contributed by atoms with E-state index in [9.17, 15) is 4.79 Å². The van der Waals surface area contributed by atoms with Gasteiger partial charge in [0.2, 0.25) is 0 Å². The van der Waals surface area contributed by atoms with Crippen LogP contribution in [0.2, 0.25) is 0 Å². The van der Waals surface area contributed by atoms with E-state index >= 15 is 0 Å². The molecule has 24 heavy (non-hydrogen) atoms. The molecule has 124 valence electrons. The molecule has 4 aliphatic carbocycles. The van der Waals surface area contributed by atoms with E-state index in [0.29, 0.717) is 23.6 Å². The van der Waals surface area contributed by atoms with Gasteiger partial charge in [0.05, 0.1) is 11.9 Å². The van der Waals surface area contributed by atoms with Gasteiger partial charge in [0.25, 0.3) is 5.91 Å². The Bertz CT molecular complexity index is 726. The average molecular weight is 322 g/mol. The minimum absolute atomic E-state index is 0.0744. The fourth-order valence-electron chi connectivity index (χ4n) is 5.46. The molecule has 4 fully saturated rings. The predicted octanol–water partition coefficient (Wildman–Crippen LogP) is 2.82. The molecular formula is C19H22N4O. The number of carbonyl (C=O) groups excluding carboxylic acids is 1. The molecule has 0 atom stereocenters. The summed E-state index contributed by atoms with van der Waals surface area (Å²) in [6.07, 6.45) is 8.35. The van der Waals surface area contributed by atoms with Gasteiger partial charge in [0, 0.05) is 6.04 Å². The Morgan fingerprint density at radius 3 is 2.33 bits per heavy atom. The number of amides is 1. The molecule has 5 nitrogen and oxygen atoms in total. The Kier molecular flexibility index (Phi) is 3.21.